The first-order chi connectivity index (χ1) is 11.8. The van der Waals surface area contributed by atoms with Gasteiger partial charge in [-0.1, -0.05) is 6.42 Å². The minimum Gasteiger partial charge on any atom is -0.459 e. The molecule has 1 atom stereocenters. The molecular formula is C19H28N2O3. The lowest BCUT2D eigenvalue weighted by Crippen LogP contribution is -2.56. The van der Waals surface area contributed by atoms with E-state index in [9.17, 15) is 4.79 Å². The van der Waals surface area contributed by atoms with E-state index < -0.39 is 0 Å². The third kappa shape index (κ3) is 3.11. The van der Waals surface area contributed by atoms with E-state index in [2.05, 4.69) is 4.90 Å². The third-order valence-corrected chi connectivity index (χ3v) is 6.14. The van der Waals surface area contributed by atoms with Gasteiger partial charge in [-0.3, -0.25) is 9.69 Å². The Morgan fingerprint density at radius 2 is 2.00 bits per heavy atom. The Morgan fingerprint density at radius 1 is 1.17 bits per heavy atom. The van der Waals surface area contributed by atoms with E-state index in [1.165, 1.54) is 38.5 Å². The Balaban J connectivity index is 1.31. The number of furan rings is 1. The molecule has 0 aromatic carbocycles. The Kier molecular flexibility index (Phi) is 4.63. The standard InChI is InChI=1S/C19H28N2O3/c22-18(16-5-3-14-23-16)21-11-9-20(10-12-21)15-19(7-4-8-19)17-6-1-2-13-24-17/h3,5,14,17H,1-2,4,6-13,15H2/t17-/m0/s1. The lowest BCUT2D eigenvalue weighted by molar-refractivity contribution is -0.118. The Labute approximate surface area is 143 Å². The molecule has 0 spiro atoms. The number of nitrogens with zero attached hydrogens (tertiary/aromatic N) is 2. The van der Waals surface area contributed by atoms with Crippen LogP contribution in [0.2, 0.25) is 0 Å². The van der Waals surface area contributed by atoms with Gasteiger partial charge in [0.25, 0.3) is 5.91 Å². The van der Waals surface area contributed by atoms with Crippen LogP contribution in [0.15, 0.2) is 22.8 Å². The van der Waals surface area contributed by atoms with Crippen LogP contribution >= 0.6 is 0 Å². The second-order valence-corrected chi connectivity index (χ2v) is 7.62. The lowest BCUT2D eigenvalue weighted by atomic mass is 9.63. The maximum atomic E-state index is 12.4. The van der Waals surface area contributed by atoms with Crippen LogP contribution in [-0.2, 0) is 4.74 Å². The van der Waals surface area contributed by atoms with Crippen LogP contribution in [0.1, 0.15) is 49.1 Å². The second-order valence-electron chi connectivity index (χ2n) is 7.62. The molecule has 0 N–H and O–H groups in total. The smallest absolute Gasteiger partial charge is 0.289 e. The first-order valence-corrected chi connectivity index (χ1v) is 9.44. The summed E-state index contributed by atoms with van der Waals surface area (Å²) in [7, 11) is 0. The van der Waals surface area contributed by atoms with Crippen molar-refractivity contribution in [3.8, 4) is 0 Å². The predicted octanol–water partition coefficient (Wildman–Crippen LogP) is 2.78. The van der Waals surface area contributed by atoms with Crippen LogP contribution in [0.3, 0.4) is 0 Å². The summed E-state index contributed by atoms with van der Waals surface area (Å²) >= 11 is 0. The van der Waals surface area contributed by atoms with Crippen molar-refractivity contribution in [2.75, 3.05) is 39.3 Å². The zero-order valence-electron chi connectivity index (χ0n) is 14.4. The molecule has 3 fully saturated rings. The number of carbonyl (C=O) groups is 1. The fourth-order valence-corrected chi connectivity index (χ4v) is 4.55. The van der Waals surface area contributed by atoms with Crippen LogP contribution in [-0.4, -0.2) is 61.1 Å². The van der Waals surface area contributed by atoms with E-state index in [-0.39, 0.29) is 5.91 Å². The van der Waals surface area contributed by atoms with Crippen LogP contribution in [0, 0.1) is 5.41 Å². The molecule has 2 aliphatic heterocycles. The van der Waals surface area contributed by atoms with Crippen molar-refractivity contribution in [1.82, 2.24) is 9.80 Å². The quantitative estimate of drug-likeness (QED) is 0.850. The molecule has 24 heavy (non-hydrogen) atoms. The van der Waals surface area contributed by atoms with Gasteiger partial charge in [-0.05, 0) is 44.2 Å². The van der Waals surface area contributed by atoms with Gasteiger partial charge in [-0.25, -0.2) is 0 Å². The van der Waals surface area contributed by atoms with Crippen LogP contribution in [0.25, 0.3) is 0 Å². The molecule has 3 aliphatic rings. The van der Waals surface area contributed by atoms with Crippen molar-refractivity contribution >= 4 is 5.91 Å². The number of hydrogen-bond acceptors (Lipinski definition) is 4. The van der Waals surface area contributed by atoms with Crippen LogP contribution in [0.5, 0.6) is 0 Å². The van der Waals surface area contributed by atoms with Crippen molar-refractivity contribution in [3.05, 3.63) is 24.2 Å². The number of ether oxygens (including phenoxy) is 1. The molecule has 1 aromatic rings. The fourth-order valence-electron chi connectivity index (χ4n) is 4.55. The topological polar surface area (TPSA) is 45.9 Å². The predicted molar refractivity (Wildman–Crippen MR) is 90.9 cm³/mol. The second kappa shape index (κ2) is 6.89. The molecule has 0 radical (unpaired) electrons. The van der Waals surface area contributed by atoms with Gasteiger partial charge in [0.05, 0.1) is 12.4 Å². The van der Waals surface area contributed by atoms with Gasteiger partial charge < -0.3 is 14.1 Å². The molecule has 0 unspecified atom stereocenters. The van der Waals surface area contributed by atoms with Crippen molar-refractivity contribution < 1.29 is 13.9 Å². The summed E-state index contributed by atoms with van der Waals surface area (Å²) in [6.07, 6.45) is 9.76. The normalized spacial score (nSPS) is 27.7. The highest BCUT2D eigenvalue weighted by Gasteiger charge is 2.46. The van der Waals surface area contributed by atoms with Crippen molar-refractivity contribution in [1.29, 1.82) is 0 Å². The largest absolute Gasteiger partial charge is 0.459 e. The summed E-state index contributed by atoms with van der Waals surface area (Å²) in [5.74, 6) is 0.475. The maximum Gasteiger partial charge on any atom is 0.289 e. The van der Waals surface area contributed by atoms with Gasteiger partial charge in [-0.2, -0.15) is 0 Å². The molecule has 132 valence electrons. The molecule has 1 saturated carbocycles. The SMILES string of the molecule is O=C(c1ccco1)N1CCN(CC2([C@@H]3CCCCO3)CCC2)CC1. The average Bonchev–Trinajstić information content (AvgIpc) is 3.13. The minimum atomic E-state index is 0.0219. The van der Waals surface area contributed by atoms with Crippen LogP contribution < -0.4 is 0 Å². The van der Waals surface area contributed by atoms with E-state index in [0.29, 0.717) is 17.3 Å². The number of hydrogen-bond donors (Lipinski definition) is 0. The molecule has 5 nitrogen and oxygen atoms in total. The molecular weight excluding hydrogens is 304 g/mol. The first-order valence-electron chi connectivity index (χ1n) is 9.44. The molecule has 5 heteroatoms. The Bertz CT molecular complexity index is 539. The molecule has 3 heterocycles. The highest BCUT2D eigenvalue weighted by molar-refractivity contribution is 5.91. The zero-order chi connectivity index (χ0) is 16.4. The summed E-state index contributed by atoms with van der Waals surface area (Å²) < 4.78 is 11.4. The van der Waals surface area contributed by atoms with E-state index >= 15 is 0 Å². The number of carbonyl (C=O) groups excluding carboxylic acids is 1. The number of piperazine rings is 1. The van der Waals surface area contributed by atoms with Gasteiger partial charge in [0, 0.05) is 44.7 Å². The van der Waals surface area contributed by atoms with Gasteiger partial charge in [-0.15, -0.1) is 0 Å². The Morgan fingerprint density at radius 3 is 2.58 bits per heavy atom. The third-order valence-electron chi connectivity index (χ3n) is 6.14. The van der Waals surface area contributed by atoms with E-state index in [1.807, 2.05) is 4.90 Å². The summed E-state index contributed by atoms with van der Waals surface area (Å²) in [6.45, 7) is 5.59. The average molecular weight is 332 g/mol. The van der Waals surface area contributed by atoms with Gasteiger partial charge >= 0.3 is 0 Å². The van der Waals surface area contributed by atoms with Crippen molar-refractivity contribution in [3.63, 3.8) is 0 Å². The summed E-state index contributed by atoms with van der Waals surface area (Å²) in [6, 6.07) is 3.52. The first kappa shape index (κ1) is 16.2. The lowest BCUT2D eigenvalue weighted by Gasteiger charge is -2.52. The van der Waals surface area contributed by atoms with E-state index in [4.69, 9.17) is 9.15 Å². The van der Waals surface area contributed by atoms with E-state index in [1.54, 1.807) is 18.4 Å². The summed E-state index contributed by atoms with van der Waals surface area (Å²) in [5.41, 5.74) is 0.383. The van der Waals surface area contributed by atoms with Gasteiger partial charge in [0.15, 0.2) is 5.76 Å². The highest BCUT2D eigenvalue weighted by atomic mass is 16.5. The molecule has 2 saturated heterocycles. The number of rotatable bonds is 4. The van der Waals surface area contributed by atoms with Crippen molar-refractivity contribution in [2.24, 2.45) is 5.41 Å². The van der Waals surface area contributed by atoms with Crippen LogP contribution in [0.4, 0.5) is 0 Å². The zero-order valence-corrected chi connectivity index (χ0v) is 14.4. The molecule has 1 amide bonds. The molecule has 1 aromatic heterocycles. The van der Waals surface area contributed by atoms with Crippen molar-refractivity contribution in [2.45, 2.75) is 44.6 Å². The molecule has 0 bridgehead atoms. The molecule has 1 aliphatic carbocycles. The van der Waals surface area contributed by atoms with E-state index in [0.717, 1.165) is 39.3 Å². The highest BCUT2D eigenvalue weighted by Crippen LogP contribution is 2.48. The number of amides is 1. The Hall–Kier alpha value is -1.33. The summed E-state index contributed by atoms with van der Waals surface area (Å²) in [4.78, 5) is 16.8. The maximum absolute atomic E-state index is 12.4. The van der Waals surface area contributed by atoms with Gasteiger partial charge in [0.2, 0.25) is 0 Å². The summed E-state index contributed by atoms with van der Waals surface area (Å²) in [5, 5.41) is 0. The minimum absolute atomic E-state index is 0.0219. The van der Waals surface area contributed by atoms with Gasteiger partial charge in [0.1, 0.15) is 0 Å². The fraction of sp³-hybridized carbons (Fsp3) is 0.737. The molecule has 4 rings (SSSR count). The monoisotopic (exact) mass is 332 g/mol.